The number of rotatable bonds is 21. The topological polar surface area (TPSA) is 75.3 Å². The molecule has 0 fully saturated rings. The second-order valence-electron chi connectivity index (χ2n) is 10.5. The Morgan fingerprint density at radius 3 is 1.49 bits per heavy atom. The van der Waals surface area contributed by atoms with Crippen LogP contribution in [-0.4, -0.2) is 65.4 Å². The lowest BCUT2D eigenvalue weighted by molar-refractivity contribution is -0.0378. The van der Waals surface area contributed by atoms with Crippen LogP contribution in [0, 0.1) is 0 Å². The van der Waals surface area contributed by atoms with Crippen molar-refractivity contribution in [2.45, 2.75) is 25.4 Å². The number of benzene rings is 4. The van der Waals surface area contributed by atoms with Crippen molar-refractivity contribution in [3.05, 3.63) is 138 Å². The van der Waals surface area contributed by atoms with E-state index in [1.165, 1.54) is 0 Å². The predicted molar refractivity (Wildman–Crippen MR) is 178 cm³/mol. The molecule has 7 nitrogen and oxygen atoms in total. The van der Waals surface area contributed by atoms with E-state index >= 15 is 0 Å². The van der Waals surface area contributed by atoms with Crippen LogP contribution in [0.15, 0.2) is 115 Å². The zero-order chi connectivity index (χ0) is 31.4. The zero-order valence-corrected chi connectivity index (χ0v) is 26.2. The molecule has 238 valence electrons. The first-order valence-electron chi connectivity index (χ1n) is 15.8. The molecule has 0 aromatic heterocycles. The summed E-state index contributed by atoms with van der Waals surface area (Å²) < 4.78 is 29.0. The normalized spacial score (nSPS) is 11.3. The fourth-order valence-corrected chi connectivity index (χ4v) is 4.97. The maximum Gasteiger partial charge on any atom is 0.338 e. The molecular formula is C38H45NO6. The molecule has 0 spiro atoms. The van der Waals surface area contributed by atoms with Crippen molar-refractivity contribution in [3.63, 3.8) is 0 Å². The zero-order valence-electron chi connectivity index (χ0n) is 26.2. The van der Waals surface area contributed by atoms with Crippen molar-refractivity contribution in [2.75, 3.05) is 64.7 Å². The van der Waals surface area contributed by atoms with Crippen LogP contribution < -0.4 is 5.32 Å². The Morgan fingerprint density at radius 1 is 0.578 bits per heavy atom. The molecule has 0 aliphatic carbocycles. The number of esters is 1. The fourth-order valence-electron chi connectivity index (χ4n) is 4.97. The third kappa shape index (κ3) is 10.5. The summed E-state index contributed by atoms with van der Waals surface area (Å²) in [7, 11) is 0. The highest BCUT2D eigenvalue weighted by molar-refractivity contribution is 5.89. The summed E-state index contributed by atoms with van der Waals surface area (Å²) in [4.78, 5) is 12.2. The van der Waals surface area contributed by atoms with Crippen molar-refractivity contribution >= 4 is 11.7 Å². The molecule has 4 aromatic rings. The van der Waals surface area contributed by atoms with E-state index in [2.05, 4.69) is 48.6 Å². The molecule has 0 amide bonds. The lowest BCUT2D eigenvalue weighted by atomic mass is 9.80. The van der Waals surface area contributed by atoms with Crippen LogP contribution in [0.25, 0.3) is 0 Å². The molecule has 4 rings (SSSR count). The lowest BCUT2D eigenvalue weighted by Gasteiger charge is -2.36. The SMILES string of the molecule is CCCCNc1ccc(C(=O)OCCOCCOCCOCCOC(c2ccccc2)(c2ccccc2)c2ccccc2)cc1. The van der Waals surface area contributed by atoms with Gasteiger partial charge < -0.3 is 29.0 Å². The van der Waals surface area contributed by atoms with E-state index in [0.29, 0.717) is 51.8 Å². The third-order valence-electron chi connectivity index (χ3n) is 7.27. The van der Waals surface area contributed by atoms with Gasteiger partial charge in [0, 0.05) is 12.2 Å². The van der Waals surface area contributed by atoms with E-state index in [1.54, 1.807) is 12.1 Å². The number of carbonyl (C=O) groups is 1. The molecule has 0 heterocycles. The van der Waals surface area contributed by atoms with Crippen LogP contribution in [-0.2, 0) is 29.3 Å². The van der Waals surface area contributed by atoms with Crippen LogP contribution in [0.1, 0.15) is 46.8 Å². The molecule has 0 aliphatic rings. The molecule has 0 bridgehead atoms. The minimum Gasteiger partial charge on any atom is -0.460 e. The quantitative estimate of drug-likeness (QED) is 0.0611. The molecule has 0 radical (unpaired) electrons. The van der Waals surface area contributed by atoms with Gasteiger partial charge in [-0.1, -0.05) is 104 Å². The molecule has 0 saturated heterocycles. The molecule has 0 aliphatic heterocycles. The van der Waals surface area contributed by atoms with E-state index < -0.39 is 5.60 Å². The van der Waals surface area contributed by atoms with Crippen LogP contribution >= 0.6 is 0 Å². The minimum atomic E-state index is -0.759. The van der Waals surface area contributed by atoms with E-state index in [0.717, 1.165) is 41.8 Å². The standard InChI is InChI=1S/C38H45NO6/c1-2-3-23-39-36-21-19-32(20-22-36)37(40)44-30-28-42-26-24-41-25-27-43-29-31-45-38(33-13-7-4-8-14-33,34-15-9-5-10-16-34)35-17-11-6-12-18-35/h4-22,39H,2-3,23-31H2,1H3. The third-order valence-corrected chi connectivity index (χ3v) is 7.27. The Kier molecular flexibility index (Phi) is 14.6. The lowest BCUT2D eigenvalue weighted by Crippen LogP contribution is -2.34. The summed E-state index contributed by atoms with van der Waals surface area (Å²) in [5.74, 6) is -0.357. The second-order valence-corrected chi connectivity index (χ2v) is 10.5. The number of hydrogen-bond donors (Lipinski definition) is 1. The number of hydrogen-bond acceptors (Lipinski definition) is 7. The van der Waals surface area contributed by atoms with Gasteiger partial charge in [0.2, 0.25) is 0 Å². The first-order chi connectivity index (χ1) is 22.2. The predicted octanol–water partition coefficient (Wildman–Crippen LogP) is 7.11. The van der Waals surface area contributed by atoms with Gasteiger partial charge >= 0.3 is 5.97 Å². The van der Waals surface area contributed by atoms with Crippen molar-refractivity contribution in [1.29, 1.82) is 0 Å². The van der Waals surface area contributed by atoms with Crippen LogP contribution in [0.3, 0.4) is 0 Å². The average molecular weight is 612 g/mol. The fraction of sp³-hybridized carbons (Fsp3) is 0.342. The molecule has 7 heteroatoms. The van der Waals surface area contributed by atoms with Gasteiger partial charge in [0.25, 0.3) is 0 Å². The molecule has 0 saturated carbocycles. The van der Waals surface area contributed by atoms with E-state index in [-0.39, 0.29) is 12.6 Å². The Morgan fingerprint density at radius 2 is 1.02 bits per heavy atom. The highest BCUT2D eigenvalue weighted by atomic mass is 16.6. The number of unbranched alkanes of at least 4 members (excludes halogenated alkanes) is 1. The Hall–Kier alpha value is -4.01. The molecule has 0 atom stereocenters. The highest BCUT2D eigenvalue weighted by Crippen LogP contribution is 2.40. The van der Waals surface area contributed by atoms with Crippen LogP contribution in [0.2, 0.25) is 0 Å². The largest absolute Gasteiger partial charge is 0.460 e. The van der Waals surface area contributed by atoms with Gasteiger partial charge in [-0.25, -0.2) is 4.79 Å². The Balaban J connectivity index is 1.10. The van der Waals surface area contributed by atoms with Crippen LogP contribution in [0.5, 0.6) is 0 Å². The summed E-state index contributed by atoms with van der Waals surface area (Å²) in [5, 5.41) is 3.33. The smallest absolute Gasteiger partial charge is 0.338 e. The summed E-state index contributed by atoms with van der Waals surface area (Å²) in [5.41, 5.74) is 3.94. The van der Waals surface area contributed by atoms with Crippen molar-refractivity contribution in [3.8, 4) is 0 Å². The Bertz CT molecular complexity index is 1250. The molecule has 1 N–H and O–H groups in total. The van der Waals surface area contributed by atoms with E-state index in [1.807, 2.05) is 66.7 Å². The number of ether oxygens (including phenoxy) is 5. The minimum absolute atomic E-state index is 0.189. The molecular weight excluding hydrogens is 566 g/mol. The number of carbonyl (C=O) groups excluding carboxylic acids is 1. The number of anilines is 1. The Labute approximate surface area is 267 Å². The monoisotopic (exact) mass is 611 g/mol. The second kappa shape index (κ2) is 19.4. The first-order valence-corrected chi connectivity index (χ1v) is 15.8. The average Bonchev–Trinajstić information content (AvgIpc) is 3.10. The maximum absolute atomic E-state index is 12.2. The summed E-state index contributed by atoms with van der Waals surface area (Å²) in [6, 6.07) is 38.2. The van der Waals surface area contributed by atoms with Gasteiger partial charge in [0.1, 0.15) is 12.2 Å². The summed E-state index contributed by atoms with van der Waals surface area (Å²) in [6.07, 6.45) is 2.25. The first kappa shape index (κ1) is 33.9. The van der Waals surface area contributed by atoms with Crippen LogP contribution in [0.4, 0.5) is 5.69 Å². The van der Waals surface area contributed by atoms with Crippen molar-refractivity contribution < 1.29 is 28.5 Å². The summed E-state index contributed by atoms with van der Waals surface area (Å²) in [6.45, 7) is 6.14. The van der Waals surface area contributed by atoms with Gasteiger partial charge in [-0.05, 0) is 47.4 Å². The van der Waals surface area contributed by atoms with Gasteiger partial charge in [-0.2, -0.15) is 0 Å². The maximum atomic E-state index is 12.2. The molecule has 4 aromatic carbocycles. The van der Waals surface area contributed by atoms with Crippen molar-refractivity contribution in [2.24, 2.45) is 0 Å². The number of nitrogens with one attached hydrogen (secondary N) is 1. The summed E-state index contributed by atoms with van der Waals surface area (Å²) >= 11 is 0. The highest BCUT2D eigenvalue weighted by Gasteiger charge is 2.37. The van der Waals surface area contributed by atoms with Gasteiger partial charge in [-0.15, -0.1) is 0 Å². The van der Waals surface area contributed by atoms with E-state index in [9.17, 15) is 4.79 Å². The van der Waals surface area contributed by atoms with Crippen molar-refractivity contribution in [1.82, 2.24) is 0 Å². The van der Waals surface area contributed by atoms with Gasteiger partial charge in [0.05, 0.1) is 51.8 Å². The van der Waals surface area contributed by atoms with Gasteiger partial charge in [0.15, 0.2) is 0 Å². The molecule has 45 heavy (non-hydrogen) atoms. The molecule has 0 unspecified atom stereocenters. The van der Waals surface area contributed by atoms with Gasteiger partial charge in [-0.3, -0.25) is 0 Å². The van der Waals surface area contributed by atoms with E-state index in [4.69, 9.17) is 23.7 Å².